The van der Waals surface area contributed by atoms with Gasteiger partial charge in [-0.1, -0.05) is 0 Å². The Bertz CT molecular complexity index is 433. The van der Waals surface area contributed by atoms with Gasteiger partial charge in [-0.3, -0.25) is 0 Å². The number of hydrogen-bond acceptors (Lipinski definition) is 4. The Labute approximate surface area is 94.6 Å². The molecule has 2 N–H and O–H groups in total. The fourth-order valence-corrected chi connectivity index (χ4v) is 1.38. The van der Waals surface area contributed by atoms with E-state index in [0.29, 0.717) is 23.7 Å². The minimum atomic E-state index is -0.174. The number of nitrogens with zero attached hydrogens (tertiary/aromatic N) is 1. The second-order valence-corrected chi connectivity index (χ2v) is 4.12. The lowest BCUT2D eigenvalue weighted by atomic mass is 10.2. The summed E-state index contributed by atoms with van der Waals surface area (Å²) >= 11 is 0. The zero-order valence-electron chi connectivity index (χ0n) is 9.19. The molecule has 0 heterocycles. The highest BCUT2D eigenvalue weighted by atomic mass is 16.5. The first-order chi connectivity index (χ1) is 7.67. The Hall–Kier alpha value is -1.73. The largest absolute Gasteiger partial charge is 0.497 e. The van der Waals surface area contributed by atoms with Crippen LogP contribution >= 0.6 is 0 Å². The molecule has 1 aromatic rings. The molecule has 0 aliphatic heterocycles. The standard InChI is InChI=1S/C12H14N2O2/c1-15-10-2-3-11(9(6-10)7-13)16-8-12(14)4-5-12/h2-3,6H,4-5,8,14H2,1H3. The minimum absolute atomic E-state index is 0.174. The molecule has 2 rings (SSSR count). The summed E-state index contributed by atoms with van der Waals surface area (Å²) in [6, 6.07) is 7.25. The summed E-state index contributed by atoms with van der Waals surface area (Å²) < 4.78 is 10.6. The van der Waals surface area contributed by atoms with Crippen LogP contribution in [0.3, 0.4) is 0 Å². The maximum atomic E-state index is 8.97. The number of methoxy groups -OCH3 is 1. The minimum Gasteiger partial charge on any atom is -0.497 e. The van der Waals surface area contributed by atoms with Crippen LogP contribution in [0.25, 0.3) is 0 Å². The third-order valence-corrected chi connectivity index (χ3v) is 2.71. The van der Waals surface area contributed by atoms with Crippen molar-refractivity contribution in [1.29, 1.82) is 5.26 Å². The average Bonchev–Trinajstić information content (AvgIpc) is 3.05. The van der Waals surface area contributed by atoms with E-state index in [1.807, 2.05) is 0 Å². The van der Waals surface area contributed by atoms with Gasteiger partial charge < -0.3 is 15.2 Å². The van der Waals surface area contributed by atoms with Crippen LogP contribution in [-0.2, 0) is 0 Å². The number of nitriles is 1. The molecule has 1 aliphatic rings. The molecule has 0 amide bonds. The Morgan fingerprint density at radius 1 is 1.50 bits per heavy atom. The van der Waals surface area contributed by atoms with Crippen LogP contribution in [0, 0.1) is 11.3 Å². The highest BCUT2D eigenvalue weighted by molar-refractivity contribution is 5.47. The number of hydrogen-bond donors (Lipinski definition) is 1. The van der Waals surface area contributed by atoms with Crippen molar-refractivity contribution in [3.05, 3.63) is 23.8 Å². The fourth-order valence-electron chi connectivity index (χ4n) is 1.38. The maximum absolute atomic E-state index is 8.97. The molecule has 0 saturated heterocycles. The molecule has 1 aliphatic carbocycles. The van der Waals surface area contributed by atoms with Gasteiger partial charge in [0.2, 0.25) is 0 Å². The quantitative estimate of drug-likeness (QED) is 0.830. The van der Waals surface area contributed by atoms with Crippen molar-refractivity contribution in [2.24, 2.45) is 5.73 Å². The van der Waals surface area contributed by atoms with Gasteiger partial charge in [0.25, 0.3) is 0 Å². The molecule has 0 atom stereocenters. The highest BCUT2D eigenvalue weighted by Crippen LogP contribution is 2.33. The Balaban J connectivity index is 2.11. The van der Waals surface area contributed by atoms with Gasteiger partial charge in [0, 0.05) is 6.07 Å². The van der Waals surface area contributed by atoms with E-state index in [0.717, 1.165) is 12.8 Å². The monoisotopic (exact) mass is 218 g/mol. The molecule has 1 fully saturated rings. The van der Waals surface area contributed by atoms with E-state index in [-0.39, 0.29) is 5.54 Å². The lowest BCUT2D eigenvalue weighted by Gasteiger charge is -2.12. The molecule has 0 radical (unpaired) electrons. The molecule has 4 nitrogen and oxygen atoms in total. The maximum Gasteiger partial charge on any atom is 0.137 e. The first-order valence-electron chi connectivity index (χ1n) is 5.17. The number of ether oxygens (including phenoxy) is 2. The number of rotatable bonds is 4. The summed E-state index contributed by atoms with van der Waals surface area (Å²) in [5.74, 6) is 1.22. The van der Waals surface area contributed by atoms with Crippen molar-refractivity contribution < 1.29 is 9.47 Å². The van der Waals surface area contributed by atoms with Gasteiger partial charge in [0.05, 0.1) is 18.2 Å². The lowest BCUT2D eigenvalue weighted by molar-refractivity contribution is 0.278. The second kappa shape index (κ2) is 4.03. The number of nitrogens with two attached hydrogens (primary N) is 1. The SMILES string of the molecule is COc1ccc(OCC2(N)CC2)c(C#N)c1. The lowest BCUT2D eigenvalue weighted by Crippen LogP contribution is -2.29. The Morgan fingerprint density at radius 2 is 2.25 bits per heavy atom. The van der Waals surface area contributed by atoms with Gasteiger partial charge in [0.1, 0.15) is 24.2 Å². The van der Waals surface area contributed by atoms with Gasteiger partial charge >= 0.3 is 0 Å². The van der Waals surface area contributed by atoms with Crippen LogP contribution in [0.15, 0.2) is 18.2 Å². The summed E-state index contributed by atoms with van der Waals surface area (Å²) in [5, 5.41) is 8.97. The zero-order chi connectivity index (χ0) is 11.6. The molecule has 16 heavy (non-hydrogen) atoms. The van der Waals surface area contributed by atoms with Gasteiger partial charge in [0.15, 0.2) is 0 Å². The van der Waals surface area contributed by atoms with Crippen LogP contribution in [0.2, 0.25) is 0 Å². The van der Waals surface area contributed by atoms with Gasteiger partial charge in [-0.05, 0) is 25.0 Å². The van der Waals surface area contributed by atoms with Crippen LogP contribution in [-0.4, -0.2) is 19.3 Å². The summed E-state index contributed by atoms with van der Waals surface area (Å²) in [5.41, 5.74) is 6.21. The van der Waals surface area contributed by atoms with Crippen LogP contribution in [0.4, 0.5) is 0 Å². The van der Waals surface area contributed by atoms with Crippen molar-refractivity contribution in [3.63, 3.8) is 0 Å². The molecule has 0 bridgehead atoms. The van der Waals surface area contributed by atoms with E-state index in [1.165, 1.54) is 0 Å². The third kappa shape index (κ3) is 2.26. The molecule has 0 aromatic heterocycles. The van der Waals surface area contributed by atoms with Crippen molar-refractivity contribution in [1.82, 2.24) is 0 Å². The van der Waals surface area contributed by atoms with Crippen LogP contribution in [0.5, 0.6) is 11.5 Å². The van der Waals surface area contributed by atoms with E-state index in [9.17, 15) is 0 Å². The zero-order valence-corrected chi connectivity index (χ0v) is 9.19. The van der Waals surface area contributed by atoms with Gasteiger partial charge in [-0.15, -0.1) is 0 Å². The van der Waals surface area contributed by atoms with E-state index >= 15 is 0 Å². The Kier molecular flexibility index (Phi) is 2.71. The van der Waals surface area contributed by atoms with Gasteiger partial charge in [-0.25, -0.2) is 0 Å². The molecule has 0 unspecified atom stereocenters. The highest BCUT2D eigenvalue weighted by Gasteiger charge is 2.39. The molecule has 84 valence electrons. The smallest absolute Gasteiger partial charge is 0.137 e. The summed E-state index contributed by atoms with van der Waals surface area (Å²) in [6.07, 6.45) is 1.98. The molecular formula is C12H14N2O2. The third-order valence-electron chi connectivity index (χ3n) is 2.71. The first-order valence-corrected chi connectivity index (χ1v) is 5.17. The number of benzene rings is 1. The van der Waals surface area contributed by atoms with E-state index < -0.39 is 0 Å². The van der Waals surface area contributed by atoms with Crippen LogP contribution < -0.4 is 15.2 Å². The molecule has 1 saturated carbocycles. The van der Waals surface area contributed by atoms with Crippen LogP contribution in [0.1, 0.15) is 18.4 Å². The van der Waals surface area contributed by atoms with Crippen molar-refractivity contribution in [2.75, 3.05) is 13.7 Å². The topological polar surface area (TPSA) is 68.3 Å². The normalized spacial score (nSPS) is 16.3. The van der Waals surface area contributed by atoms with E-state index in [4.69, 9.17) is 20.5 Å². The fraction of sp³-hybridized carbons (Fsp3) is 0.417. The molecule has 1 aromatic carbocycles. The first kappa shape index (κ1) is 10.8. The van der Waals surface area contributed by atoms with E-state index in [2.05, 4.69) is 6.07 Å². The van der Waals surface area contributed by atoms with Crippen molar-refractivity contribution >= 4 is 0 Å². The molecule has 0 spiro atoms. The van der Waals surface area contributed by atoms with Crippen molar-refractivity contribution in [2.45, 2.75) is 18.4 Å². The van der Waals surface area contributed by atoms with Crippen molar-refractivity contribution in [3.8, 4) is 17.6 Å². The predicted octanol–water partition coefficient (Wildman–Crippen LogP) is 1.44. The van der Waals surface area contributed by atoms with Gasteiger partial charge in [-0.2, -0.15) is 5.26 Å². The molecular weight excluding hydrogens is 204 g/mol. The molecule has 4 heteroatoms. The summed E-state index contributed by atoms with van der Waals surface area (Å²) in [7, 11) is 1.57. The van der Waals surface area contributed by atoms with E-state index in [1.54, 1.807) is 25.3 Å². The Morgan fingerprint density at radius 3 is 2.81 bits per heavy atom. The predicted molar refractivity (Wildman–Crippen MR) is 59.4 cm³/mol. The summed E-state index contributed by atoms with van der Waals surface area (Å²) in [6.45, 7) is 0.466. The summed E-state index contributed by atoms with van der Waals surface area (Å²) in [4.78, 5) is 0. The second-order valence-electron chi connectivity index (χ2n) is 4.12. The average molecular weight is 218 g/mol.